The summed E-state index contributed by atoms with van der Waals surface area (Å²) in [7, 11) is 0. The molecule has 1 atom stereocenters. The summed E-state index contributed by atoms with van der Waals surface area (Å²) in [5.74, 6) is -0.413. The minimum Gasteiger partial charge on any atom is -0.350 e. The third-order valence-corrected chi connectivity index (χ3v) is 5.45. The fourth-order valence-corrected chi connectivity index (χ4v) is 4.07. The molecule has 1 fully saturated rings. The number of benzene rings is 2. The number of halogens is 2. The van der Waals surface area contributed by atoms with E-state index < -0.39 is 6.04 Å². The van der Waals surface area contributed by atoms with Crippen LogP contribution in [0.3, 0.4) is 0 Å². The van der Waals surface area contributed by atoms with Crippen molar-refractivity contribution in [2.75, 3.05) is 6.54 Å². The van der Waals surface area contributed by atoms with Gasteiger partial charge in [-0.25, -0.2) is 9.67 Å². The Labute approximate surface area is 183 Å². The van der Waals surface area contributed by atoms with Crippen molar-refractivity contribution in [1.29, 1.82) is 0 Å². The maximum atomic E-state index is 12.9. The number of rotatable bonds is 5. The van der Waals surface area contributed by atoms with E-state index in [1.165, 1.54) is 6.33 Å². The van der Waals surface area contributed by atoms with E-state index in [4.69, 9.17) is 23.2 Å². The fraction of sp³-hybridized carbons (Fsp3) is 0.238. The lowest BCUT2D eigenvalue weighted by Crippen LogP contribution is -2.45. The third kappa shape index (κ3) is 4.47. The summed E-state index contributed by atoms with van der Waals surface area (Å²) >= 11 is 12.0. The van der Waals surface area contributed by atoms with Crippen LogP contribution in [0.5, 0.6) is 0 Å². The highest BCUT2D eigenvalue weighted by Gasteiger charge is 2.34. The molecule has 4 rings (SSSR count). The van der Waals surface area contributed by atoms with Crippen LogP contribution in [0, 0.1) is 0 Å². The van der Waals surface area contributed by atoms with Crippen molar-refractivity contribution in [3.05, 3.63) is 76.3 Å². The predicted octanol–water partition coefficient (Wildman–Crippen LogP) is 3.50. The Hall–Kier alpha value is -2.90. The molecule has 0 bridgehead atoms. The second kappa shape index (κ2) is 8.85. The molecule has 3 aromatic rings. The number of aromatic nitrogens is 3. The first-order valence-electron chi connectivity index (χ1n) is 9.50. The minimum absolute atomic E-state index is 0.172. The summed E-state index contributed by atoms with van der Waals surface area (Å²) in [5.41, 5.74) is 2.22. The zero-order chi connectivity index (χ0) is 21.1. The van der Waals surface area contributed by atoms with Gasteiger partial charge in [0.1, 0.15) is 18.7 Å². The summed E-state index contributed by atoms with van der Waals surface area (Å²) in [5, 5.41) is 7.80. The molecule has 1 aliphatic heterocycles. The monoisotopic (exact) mass is 443 g/mol. The highest BCUT2D eigenvalue weighted by molar-refractivity contribution is 6.35. The maximum absolute atomic E-state index is 12.9. The molecule has 2 amide bonds. The van der Waals surface area contributed by atoms with E-state index in [0.29, 0.717) is 35.1 Å². The van der Waals surface area contributed by atoms with Crippen molar-refractivity contribution in [1.82, 2.24) is 25.0 Å². The highest BCUT2D eigenvalue weighted by atomic mass is 35.5. The molecule has 1 saturated heterocycles. The van der Waals surface area contributed by atoms with Gasteiger partial charge in [-0.3, -0.25) is 9.59 Å². The van der Waals surface area contributed by atoms with Crippen LogP contribution in [-0.4, -0.2) is 44.1 Å². The SMILES string of the molecule is O=C(NCc1ccc(-n2cncn2)cc1)C1CCCN1C(=O)c1cc(Cl)cc(Cl)c1. The van der Waals surface area contributed by atoms with Crippen LogP contribution in [0.15, 0.2) is 55.1 Å². The van der Waals surface area contributed by atoms with Crippen LogP contribution in [0.25, 0.3) is 5.69 Å². The maximum Gasteiger partial charge on any atom is 0.254 e. The largest absolute Gasteiger partial charge is 0.350 e. The fourth-order valence-electron chi connectivity index (χ4n) is 3.54. The minimum atomic E-state index is -0.510. The van der Waals surface area contributed by atoms with Crippen molar-refractivity contribution >= 4 is 35.0 Å². The summed E-state index contributed by atoms with van der Waals surface area (Å²) in [6.45, 7) is 0.894. The number of carbonyl (C=O) groups excluding carboxylic acids is 2. The molecular weight excluding hydrogens is 425 g/mol. The lowest BCUT2D eigenvalue weighted by molar-refractivity contribution is -0.125. The molecular formula is C21H19Cl2N5O2. The molecule has 0 radical (unpaired) electrons. The van der Waals surface area contributed by atoms with E-state index in [-0.39, 0.29) is 11.8 Å². The summed E-state index contributed by atoms with van der Waals surface area (Å²) in [4.78, 5) is 31.2. The average molecular weight is 444 g/mol. The van der Waals surface area contributed by atoms with Crippen molar-refractivity contribution in [2.45, 2.75) is 25.4 Å². The zero-order valence-corrected chi connectivity index (χ0v) is 17.5. The molecule has 1 aromatic heterocycles. The molecule has 0 aliphatic carbocycles. The second-order valence-electron chi connectivity index (χ2n) is 7.04. The Bertz CT molecular complexity index is 1030. The standard InChI is InChI=1S/C21H19Cl2N5O2/c22-16-8-15(9-17(23)10-16)21(30)27-7-1-2-19(27)20(29)25-11-14-3-5-18(6-4-14)28-13-24-12-26-28/h3-6,8-10,12-13,19H,1-2,7,11H2,(H,25,29). The number of hydrogen-bond donors (Lipinski definition) is 1. The number of hydrogen-bond acceptors (Lipinski definition) is 4. The number of nitrogens with one attached hydrogen (secondary N) is 1. The van der Waals surface area contributed by atoms with Gasteiger partial charge in [0.15, 0.2) is 0 Å². The van der Waals surface area contributed by atoms with E-state index in [9.17, 15) is 9.59 Å². The van der Waals surface area contributed by atoms with Gasteiger partial charge in [0, 0.05) is 28.7 Å². The molecule has 0 saturated carbocycles. The molecule has 0 spiro atoms. The van der Waals surface area contributed by atoms with Gasteiger partial charge < -0.3 is 10.2 Å². The Balaban J connectivity index is 1.39. The van der Waals surface area contributed by atoms with E-state index >= 15 is 0 Å². The third-order valence-electron chi connectivity index (χ3n) is 5.01. The van der Waals surface area contributed by atoms with E-state index in [2.05, 4.69) is 15.4 Å². The van der Waals surface area contributed by atoms with Crippen molar-refractivity contribution < 1.29 is 9.59 Å². The van der Waals surface area contributed by atoms with Crippen molar-refractivity contribution in [2.24, 2.45) is 0 Å². The summed E-state index contributed by atoms with van der Waals surface area (Å²) in [6.07, 6.45) is 4.48. The van der Waals surface area contributed by atoms with Crippen LogP contribution in [0.4, 0.5) is 0 Å². The Morgan fingerprint density at radius 2 is 1.83 bits per heavy atom. The highest BCUT2D eigenvalue weighted by Crippen LogP contribution is 2.24. The van der Waals surface area contributed by atoms with E-state index in [0.717, 1.165) is 17.7 Å². The molecule has 30 heavy (non-hydrogen) atoms. The van der Waals surface area contributed by atoms with Crippen molar-refractivity contribution in [3.8, 4) is 5.69 Å². The van der Waals surface area contributed by atoms with Gasteiger partial charge in [0.25, 0.3) is 5.91 Å². The van der Waals surface area contributed by atoms with Gasteiger partial charge in [-0.15, -0.1) is 0 Å². The van der Waals surface area contributed by atoms with Crippen molar-refractivity contribution in [3.63, 3.8) is 0 Å². The van der Waals surface area contributed by atoms with Gasteiger partial charge in [0.05, 0.1) is 5.69 Å². The smallest absolute Gasteiger partial charge is 0.254 e. The topological polar surface area (TPSA) is 80.1 Å². The normalized spacial score (nSPS) is 15.9. The number of amides is 2. The molecule has 154 valence electrons. The van der Waals surface area contributed by atoms with Crippen LogP contribution >= 0.6 is 23.2 Å². The van der Waals surface area contributed by atoms with Crippen LogP contribution in [-0.2, 0) is 11.3 Å². The molecule has 2 aromatic carbocycles. The Kier molecular flexibility index (Phi) is 6.01. The van der Waals surface area contributed by atoms with E-state index in [1.807, 2.05) is 24.3 Å². The number of nitrogens with zero attached hydrogens (tertiary/aromatic N) is 4. The molecule has 2 heterocycles. The zero-order valence-electron chi connectivity index (χ0n) is 16.0. The van der Waals surface area contributed by atoms with Gasteiger partial charge in [-0.1, -0.05) is 35.3 Å². The summed E-state index contributed by atoms with van der Waals surface area (Å²) < 4.78 is 1.66. The number of carbonyl (C=O) groups is 2. The lowest BCUT2D eigenvalue weighted by Gasteiger charge is -2.24. The Morgan fingerprint density at radius 1 is 1.10 bits per heavy atom. The lowest BCUT2D eigenvalue weighted by atomic mass is 10.1. The number of likely N-dealkylation sites (tertiary alicyclic amines) is 1. The van der Waals surface area contributed by atoms with Gasteiger partial charge in [-0.2, -0.15) is 5.10 Å². The first-order chi connectivity index (χ1) is 14.5. The van der Waals surface area contributed by atoms with Gasteiger partial charge in [0.2, 0.25) is 5.91 Å². The van der Waals surface area contributed by atoms with Gasteiger partial charge in [-0.05, 0) is 48.7 Å². The molecule has 7 nitrogen and oxygen atoms in total. The molecule has 1 unspecified atom stereocenters. The predicted molar refractivity (Wildman–Crippen MR) is 114 cm³/mol. The molecule has 9 heteroatoms. The molecule has 1 N–H and O–H groups in total. The molecule has 1 aliphatic rings. The van der Waals surface area contributed by atoms with E-state index in [1.54, 1.807) is 34.1 Å². The average Bonchev–Trinajstić information content (AvgIpc) is 3.43. The van der Waals surface area contributed by atoms with Crippen LogP contribution in [0.1, 0.15) is 28.8 Å². The first-order valence-corrected chi connectivity index (χ1v) is 10.3. The summed E-state index contributed by atoms with van der Waals surface area (Å²) in [6, 6.07) is 11.9. The second-order valence-corrected chi connectivity index (χ2v) is 7.91. The Morgan fingerprint density at radius 3 is 2.50 bits per heavy atom. The first kappa shape index (κ1) is 20.4. The quantitative estimate of drug-likeness (QED) is 0.654. The van der Waals surface area contributed by atoms with Crippen LogP contribution in [0.2, 0.25) is 10.0 Å². The van der Waals surface area contributed by atoms with Crippen LogP contribution < -0.4 is 5.32 Å². The van der Waals surface area contributed by atoms with Gasteiger partial charge >= 0.3 is 0 Å².